The summed E-state index contributed by atoms with van der Waals surface area (Å²) in [4.78, 5) is 4.02. The van der Waals surface area contributed by atoms with E-state index in [1.807, 2.05) is 11.3 Å². The molecule has 0 bridgehead atoms. The second kappa shape index (κ2) is 7.46. The van der Waals surface area contributed by atoms with Gasteiger partial charge in [-0.2, -0.15) is 0 Å². The number of halogens is 1. The number of unbranched alkanes of at least 4 members (excludes halogenated alkanes) is 2. The molecule has 0 unspecified atom stereocenters. The van der Waals surface area contributed by atoms with Crippen LogP contribution in [0.3, 0.4) is 0 Å². The highest BCUT2D eigenvalue weighted by Crippen LogP contribution is 2.24. The molecule has 0 atom stereocenters. The van der Waals surface area contributed by atoms with Gasteiger partial charge in [0.2, 0.25) is 0 Å². The zero-order valence-corrected chi connectivity index (χ0v) is 12.9. The van der Waals surface area contributed by atoms with E-state index in [4.69, 9.17) is 0 Å². The first-order valence-corrected chi connectivity index (χ1v) is 7.72. The van der Waals surface area contributed by atoms with E-state index in [1.54, 1.807) is 0 Å². The van der Waals surface area contributed by atoms with Crippen LogP contribution >= 0.6 is 27.3 Å². The van der Waals surface area contributed by atoms with Crippen molar-refractivity contribution in [3.05, 3.63) is 20.8 Å². The highest BCUT2D eigenvalue weighted by atomic mass is 79.9. The molecule has 0 saturated carbocycles. The summed E-state index contributed by atoms with van der Waals surface area (Å²) < 4.78 is 1.24. The van der Waals surface area contributed by atoms with Crippen LogP contribution in [0.25, 0.3) is 0 Å². The summed E-state index contributed by atoms with van der Waals surface area (Å²) in [5.41, 5.74) is 0. The number of thiophene rings is 1. The predicted molar refractivity (Wildman–Crippen MR) is 77.1 cm³/mol. The van der Waals surface area contributed by atoms with Crippen molar-refractivity contribution in [2.75, 3.05) is 6.54 Å². The van der Waals surface area contributed by atoms with Gasteiger partial charge in [0.1, 0.15) is 0 Å². The average molecular weight is 304 g/mol. The fourth-order valence-electron chi connectivity index (χ4n) is 1.72. The van der Waals surface area contributed by atoms with Gasteiger partial charge in [0.25, 0.3) is 0 Å². The monoisotopic (exact) mass is 303 g/mol. The van der Waals surface area contributed by atoms with Crippen molar-refractivity contribution in [2.24, 2.45) is 0 Å². The van der Waals surface area contributed by atoms with Gasteiger partial charge in [0, 0.05) is 17.5 Å². The Morgan fingerprint density at radius 3 is 2.56 bits per heavy atom. The Bertz CT molecular complexity index is 296. The van der Waals surface area contributed by atoms with Crippen LogP contribution < -0.4 is 0 Å². The van der Waals surface area contributed by atoms with Gasteiger partial charge in [-0.15, -0.1) is 11.3 Å². The summed E-state index contributed by atoms with van der Waals surface area (Å²) in [6.45, 7) is 9.15. The highest BCUT2D eigenvalue weighted by Gasteiger charge is 2.10. The van der Waals surface area contributed by atoms with Gasteiger partial charge < -0.3 is 0 Å². The van der Waals surface area contributed by atoms with Crippen molar-refractivity contribution < 1.29 is 0 Å². The standard InChI is InChI=1S/C13H22BrNS/c1-4-5-6-9-15(11(2)3)10-12-7-8-13(14)16-12/h7-8,11H,4-6,9-10H2,1-3H3. The third-order valence-electron chi connectivity index (χ3n) is 2.77. The molecule has 3 heteroatoms. The van der Waals surface area contributed by atoms with Crippen molar-refractivity contribution in [1.82, 2.24) is 4.90 Å². The van der Waals surface area contributed by atoms with Gasteiger partial charge in [-0.1, -0.05) is 19.8 Å². The number of nitrogens with zero attached hydrogens (tertiary/aromatic N) is 1. The van der Waals surface area contributed by atoms with Gasteiger partial charge in [-0.05, 0) is 54.9 Å². The van der Waals surface area contributed by atoms with E-state index in [0.717, 1.165) is 6.54 Å². The Balaban J connectivity index is 2.44. The highest BCUT2D eigenvalue weighted by molar-refractivity contribution is 9.11. The maximum absolute atomic E-state index is 3.52. The lowest BCUT2D eigenvalue weighted by Crippen LogP contribution is -2.30. The first-order valence-electron chi connectivity index (χ1n) is 6.11. The lowest BCUT2D eigenvalue weighted by molar-refractivity contribution is 0.210. The van der Waals surface area contributed by atoms with Crippen molar-refractivity contribution in [3.8, 4) is 0 Å². The van der Waals surface area contributed by atoms with E-state index in [2.05, 4.69) is 53.7 Å². The average Bonchev–Trinajstić information content (AvgIpc) is 2.63. The van der Waals surface area contributed by atoms with Gasteiger partial charge in [-0.3, -0.25) is 4.90 Å². The minimum Gasteiger partial charge on any atom is -0.296 e. The first-order chi connectivity index (χ1) is 7.63. The van der Waals surface area contributed by atoms with E-state index in [-0.39, 0.29) is 0 Å². The van der Waals surface area contributed by atoms with Crippen molar-refractivity contribution >= 4 is 27.3 Å². The molecule has 0 amide bonds. The summed E-state index contributed by atoms with van der Waals surface area (Å²) in [5.74, 6) is 0. The minimum atomic E-state index is 0.637. The molecule has 0 aliphatic carbocycles. The summed E-state index contributed by atoms with van der Waals surface area (Å²) in [6, 6.07) is 5.01. The fourth-order valence-corrected chi connectivity index (χ4v) is 3.23. The molecule has 1 aromatic rings. The normalized spacial score (nSPS) is 11.6. The molecule has 92 valence electrons. The van der Waals surface area contributed by atoms with Crippen LogP contribution in [0, 0.1) is 0 Å². The summed E-state index contributed by atoms with van der Waals surface area (Å²) in [7, 11) is 0. The number of hydrogen-bond acceptors (Lipinski definition) is 2. The zero-order valence-electron chi connectivity index (χ0n) is 10.5. The molecule has 1 nitrogen and oxygen atoms in total. The molecule has 0 radical (unpaired) electrons. The van der Waals surface area contributed by atoms with E-state index >= 15 is 0 Å². The molecular weight excluding hydrogens is 282 g/mol. The van der Waals surface area contributed by atoms with Gasteiger partial charge in [-0.25, -0.2) is 0 Å². The predicted octanol–water partition coefficient (Wildman–Crippen LogP) is 4.91. The molecule has 1 aromatic heterocycles. The maximum Gasteiger partial charge on any atom is 0.0701 e. The number of hydrogen-bond donors (Lipinski definition) is 0. The lowest BCUT2D eigenvalue weighted by atomic mass is 10.2. The molecular formula is C13H22BrNS. The smallest absolute Gasteiger partial charge is 0.0701 e. The van der Waals surface area contributed by atoms with Crippen LogP contribution in [0.15, 0.2) is 15.9 Å². The SMILES string of the molecule is CCCCCN(Cc1ccc(Br)s1)C(C)C. The minimum absolute atomic E-state index is 0.637. The number of rotatable bonds is 7. The van der Waals surface area contributed by atoms with Crippen molar-refractivity contribution in [1.29, 1.82) is 0 Å². The third-order valence-corrected chi connectivity index (χ3v) is 4.38. The molecule has 0 aromatic carbocycles. The molecule has 1 rings (SSSR count). The molecule has 0 fully saturated rings. The Morgan fingerprint density at radius 1 is 1.31 bits per heavy atom. The molecule has 0 N–H and O–H groups in total. The summed E-state index contributed by atoms with van der Waals surface area (Å²) >= 11 is 5.37. The Kier molecular flexibility index (Phi) is 6.62. The van der Waals surface area contributed by atoms with Crippen LogP contribution in [0.4, 0.5) is 0 Å². The maximum atomic E-state index is 3.52. The van der Waals surface area contributed by atoms with E-state index in [9.17, 15) is 0 Å². The topological polar surface area (TPSA) is 3.24 Å². The second-order valence-electron chi connectivity index (χ2n) is 4.48. The molecule has 0 spiro atoms. The first kappa shape index (κ1) is 14.2. The molecule has 0 saturated heterocycles. The largest absolute Gasteiger partial charge is 0.296 e. The van der Waals surface area contributed by atoms with E-state index in [1.165, 1.54) is 34.5 Å². The summed E-state index contributed by atoms with van der Waals surface area (Å²) in [5, 5.41) is 0. The van der Waals surface area contributed by atoms with Gasteiger partial charge >= 0.3 is 0 Å². The van der Waals surface area contributed by atoms with Gasteiger partial charge in [0.05, 0.1) is 3.79 Å². The van der Waals surface area contributed by atoms with Crippen LogP contribution in [0.1, 0.15) is 44.9 Å². The van der Waals surface area contributed by atoms with Gasteiger partial charge in [0.15, 0.2) is 0 Å². The van der Waals surface area contributed by atoms with Crippen LogP contribution in [0.5, 0.6) is 0 Å². The van der Waals surface area contributed by atoms with E-state index in [0.29, 0.717) is 6.04 Å². The Labute approximate surface area is 112 Å². The van der Waals surface area contributed by atoms with E-state index < -0.39 is 0 Å². The third kappa shape index (κ3) is 4.98. The van der Waals surface area contributed by atoms with Crippen LogP contribution in [-0.4, -0.2) is 17.5 Å². The fraction of sp³-hybridized carbons (Fsp3) is 0.692. The Hall–Kier alpha value is 0.140. The van der Waals surface area contributed by atoms with Crippen LogP contribution in [0.2, 0.25) is 0 Å². The molecule has 16 heavy (non-hydrogen) atoms. The summed E-state index contributed by atoms with van der Waals surface area (Å²) in [6.07, 6.45) is 3.97. The van der Waals surface area contributed by atoms with Crippen LogP contribution in [-0.2, 0) is 6.54 Å². The molecule has 1 heterocycles. The quantitative estimate of drug-likeness (QED) is 0.647. The van der Waals surface area contributed by atoms with Crippen molar-refractivity contribution in [3.63, 3.8) is 0 Å². The molecule has 0 aliphatic rings. The Morgan fingerprint density at radius 2 is 2.06 bits per heavy atom. The lowest BCUT2D eigenvalue weighted by Gasteiger charge is -2.25. The molecule has 0 aliphatic heterocycles. The zero-order chi connectivity index (χ0) is 12.0. The second-order valence-corrected chi connectivity index (χ2v) is 7.02. The van der Waals surface area contributed by atoms with Crippen molar-refractivity contribution in [2.45, 2.75) is 52.6 Å².